The summed E-state index contributed by atoms with van der Waals surface area (Å²) in [6.07, 6.45) is 0. The molecule has 0 saturated carbocycles. The number of rotatable bonds is 5. The van der Waals surface area contributed by atoms with Gasteiger partial charge in [-0.25, -0.2) is 4.79 Å². The van der Waals surface area contributed by atoms with Gasteiger partial charge in [-0.3, -0.25) is 9.89 Å². The van der Waals surface area contributed by atoms with E-state index >= 15 is 0 Å². The van der Waals surface area contributed by atoms with Gasteiger partial charge in [0.2, 0.25) is 0 Å². The van der Waals surface area contributed by atoms with Gasteiger partial charge in [-0.2, -0.15) is 5.10 Å². The molecule has 132 valence electrons. The second-order valence-corrected chi connectivity index (χ2v) is 5.76. The first-order valence-corrected chi connectivity index (χ1v) is 7.90. The molecule has 1 amide bonds. The molecule has 3 rings (SSSR count). The van der Waals surface area contributed by atoms with Gasteiger partial charge in [-0.1, -0.05) is 29.8 Å². The molecule has 0 spiro atoms. The summed E-state index contributed by atoms with van der Waals surface area (Å²) in [4.78, 5) is 24.1. The normalized spacial score (nSPS) is 10.4. The zero-order chi connectivity index (χ0) is 18.7. The number of aromatic nitrogens is 2. The number of hydrogen-bond acceptors (Lipinski definition) is 4. The van der Waals surface area contributed by atoms with Crippen LogP contribution in [0.25, 0.3) is 11.3 Å². The molecule has 1 heterocycles. The number of nitrogens with zero attached hydrogens (tertiary/aromatic N) is 1. The first-order chi connectivity index (χ1) is 12.5. The van der Waals surface area contributed by atoms with Gasteiger partial charge in [0.25, 0.3) is 5.91 Å². The number of halogens is 1. The van der Waals surface area contributed by atoms with E-state index in [1.807, 2.05) is 0 Å². The Labute approximate surface area is 153 Å². The molecule has 3 N–H and O–H groups in total. The van der Waals surface area contributed by atoms with Crippen LogP contribution >= 0.6 is 11.6 Å². The SMILES string of the molecule is COc1cccc(C(=O)Nc2c(-c3cccc(Cl)c3)n[nH]c2C(=O)O)c1. The first-order valence-electron chi connectivity index (χ1n) is 7.52. The van der Waals surface area contributed by atoms with Crippen molar-refractivity contribution in [1.82, 2.24) is 10.2 Å². The number of hydrogen-bond donors (Lipinski definition) is 3. The summed E-state index contributed by atoms with van der Waals surface area (Å²) in [6, 6.07) is 13.3. The number of carbonyl (C=O) groups is 2. The van der Waals surface area contributed by atoms with Gasteiger partial charge in [0.15, 0.2) is 5.69 Å². The Balaban J connectivity index is 2.01. The predicted octanol–water partition coefficient (Wildman–Crippen LogP) is 3.69. The summed E-state index contributed by atoms with van der Waals surface area (Å²) in [6.45, 7) is 0. The Bertz CT molecular complexity index is 984. The third-order valence-electron chi connectivity index (χ3n) is 3.65. The quantitative estimate of drug-likeness (QED) is 0.634. The van der Waals surface area contributed by atoms with Crippen LogP contribution in [-0.4, -0.2) is 34.3 Å². The molecule has 0 unspecified atom stereocenters. The number of carboxylic acid groups (broad SMARTS) is 1. The summed E-state index contributed by atoms with van der Waals surface area (Å²) in [5.41, 5.74) is 1.01. The van der Waals surface area contributed by atoms with E-state index in [0.29, 0.717) is 21.9 Å². The molecular weight excluding hydrogens is 358 g/mol. The summed E-state index contributed by atoms with van der Waals surface area (Å²) in [5, 5.41) is 18.9. The van der Waals surface area contributed by atoms with E-state index in [4.69, 9.17) is 16.3 Å². The van der Waals surface area contributed by atoms with E-state index in [9.17, 15) is 14.7 Å². The number of amides is 1. The summed E-state index contributed by atoms with van der Waals surface area (Å²) < 4.78 is 5.10. The monoisotopic (exact) mass is 371 g/mol. The average Bonchev–Trinajstić information content (AvgIpc) is 3.05. The van der Waals surface area contributed by atoms with Gasteiger partial charge in [-0.15, -0.1) is 0 Å². The summed E-state index contributed by atoms with van der Waals surface area (Å²) >= 11 is 6.00. The van der Waals surface area contributed by atoms with Crippen molar-refractivity contribution in [1.29, 1.82) is 0 Å². The van der Waals surface area contributed by atoms with E-state index in [1.54, 1.807) is 48.5 Å². The van der Waals surface area contributed by atoms with Gasteiger partial charge >= 0.3 is 5.97 Å². The highest BCUT2D eigenvalue weighted by Gasteiger charge is 2.22. The van der Waals surface area contributed by atoms with E-state index in [0.717, 1.165) is 0 Å². The molecule has 2 aromatic carbocycles. The van der Waals surface area contributed by atoms with Crippen molar-refractivity contribution >= 4 is 29.2 Å². The highest BCUT2D eigenvalue weighted by atomic mass is 35.5. The van der Waals surface area contributed by atoms with Crippen LogP contribution in [0.3, 0.4) is 0 Å². The maximum Gasteiger partial charge on any atom is 0.356 e. The minimum Gasteiger partial charge on any atom is -0.497 e. The highest BCUT2D eigenvalue weighted by Crippen LogP contribution is 2.31. The smallest absolute Gasteiger partial charge is 0.356 e. The molecule has 1 aromatic heterocycles. The van der Waals surface area contributed by atoms with E-state index in [2.05, 4.69) is 15.5 Å². The van der Waals surface area contributed by atoms with Crippen LogP contribution in [0.1, 0.15) is 20.8 Å². The number of nitrogens with one attached hydrogen (secondary N) is 2. The van der Waals surface area contributed by atoms with Crippen LogP contribution in [-0.2, 0) is 0 Å². The van der Waals surface area contributed by atoms with Gasteiger partial charge < -0.3 is 15.2 Å². The zero-order valence-electron chi connectivity index (χ0n) is 13.6. The molecule has 26 heavy (non-hydrogen) atoms. The number of carbonyl (C=O) groups excluding carboxylic acids is 1. The number of aromatic amines is 1. The minimum absolute atomic E-state index is 0.0626. The maximum atomic E-state index is 12.6. The van der Waals surface area contributed by atoms with E-state index < -0.39 is 11.9 Å². The topological polar surface area (TPSA) is 104 Å². The number of anilines is 1. The summed E-state index contributed by atoms with van der Waals surface area (Å²) in [5.74, 6) is -1.22. The molecule has 8 heteroatoms. The van der Waals surface area contributed by atoms with Crippen molar-refractivity contribution in [3.63, 3.8) is 0 Å². The van der Waals surface area contributed by atoms with Crippen LogP contribution in [0.5, 0.6) is 5.75 Å². The van der Waals surface area contributed by atoms with E-state index in [1.165, 1.54) is 7.11 Å². The third-order valence-corrected chi connectivity index (χ3v) is 3.88. The van der Waals surface area contributed by atoms with Crippen molar-refractivity contribution in [2.75, 3.05) is 12.4 Å². The molecule has 0 radical (unpaired) electrons. The molecule has 0 fully saturated rings. The molecular formula is C18H14ClN3O4. The van der Waals surface area contributed by atoms with Gasteiger partial charge in [0.1, 0.15) is 17.1 Å². The Morgan fingerprint density at radius 1 is 1.19 bits per heavy atom. The number of carboxylic acids is 1. The first kappa shape index (κ1) is 17.5. The number of methoxy groups -OCH3 is 1. The molecule has 0 aliphatic carbocycles. The van der Waals surface area contributed by atoms with Crippen molar-refractivity contribution in [3.8, 4) is 17.0 Å². The van der Waals surface area contributed by atoms with Gasteiger partial charge in [0, 0.05) is 16.1 Å². The number of benzene rings is 2. The van der Waals surface area contributed by atoms with Crippen molar-refractivity contribution in [3.05, 3.63) is 64.8 Å². The molecule has 0 atom stereocenters. The van der Waals surface area contributed by atoms with Crippen molar-refractivity contribution in [2.24, 2.45) is 0 Å². The molecule has 3 aromatic rings. The van der Waals surface area contributed by atoms with Crippen molar-refractivity contribution < 1.29 is 19.4 Å². The second-order valence-electron chi connectivity index (χ2n) is 5.32. The van der Waals surface area contributed by atoms with Crippen LogP contribution in [0.15, 0.2) is 48.5 Å². The highest BCUT2D eigenvalue weighted by molar-refractivity contribution is 6.30. The van der Waals surface area contributed by atoms with E-state index in [-0.39, 0.29) is 17.1 Å². The third kappa shape index (κ3) is 3.52. The maximum absolute atomic E-state index is 12.6. The fraction of sp³-hybridized carbons (Fsp3) is 0.0556. The zero-order valence-corrected chi connectivity index (χ0v) is 14.4. The van der Waals surface area contributed by atoms with Crippen LogP contribution < -0.4 is 10.1 Å². The molecule has 7 nitrogen and oxygen atoms in total. The Morgan fingerprint density at radius 2 is 1.96 bits per heavy atom. The number of ether oxygens (including phenoxy) is 1. The second kappa shape index (κ2) is 7.28. The number of H-pyrrole nitrogens is 1. The number of aromatic carboxylic acids is 1. The Morgan fingerprint density at radius 3 is 2.65 bits per heavy atom. The lowest BCUT2D eigenvalue weighted by atomic mass is 10.1. The lowest BCUT2D eigenvalue weighted by Crippen LogP contribution is -2.14. The standard InChI is InChI=1S/C18H14ClN3O4/c1-26-13-7-3-5-11(9-13)17(23)20-15-14(21-22-16(15)18(24)25)10-4-2-6-12(19)8-10/h2-9H,1H3,(H,20,23)(H,21,22)(H,24,25). The fourth-order valence-electron chi connectivity index (χ4n) is 2.41. The largest absolute Gasteiger partial charge is 0.497 e. The van der Waals surface area contributed by atoms with Crippen molar-refractivity contribution in [2.45, 2.75) is 0 Å². The predicted molar refractivity (Wildman–Crippen MR) is 96.9 cm³/mol. The minimum atomic E-state index is -1.24. The van der Waals surface area contributed by atoms with Gasteiger partial charge in [-0.05, 0) is 30.3 Å². The van der Waals surface area contributed by atoms with Crippen LogP contribution in [0, 0.1) is 0 Å². The average molecular weight is 372 g/mol. The lowest BCUT2D eigenvalue weighted by Gasteiger charge is -2.08. The van der Waals surface area contributed by atoms with Crippen LogP contribution in [0.4, 0.5) is 5.69 Å². The molecule has 0 saturated heterocycles. The van der Waals surface area contributed by atoms with Crippen LogP contribution in [0.2, 0.25) is 5.02 Å². The molecule has 0 bridgehead atoms. The lowest BCUT2D eigenvalue weighted by molar-refractivity contribution is 0.0691. The fourth-order valence-corrected chi connectivity index (χ4v) is 2.60. The Kier molecular flexibility index (Phi) is 4.90. The summed E-state index contributed by atoms with van der Waals surface area (Å²) in [7, 11) is 1.49. The van der Waals surface area contributed by atoms with Gasteiger partial charge in [0.05, 0.1) is 7.11 Å². The Hall–Kier alpha value is -3.32. The molecule has 0 aliphatic heterocycles. The molecule has 0 aliphatic rings.